The molecule has 2 aliphatic rings. The molecule has 1 unspecified atom stereocenters. The van der Waals surface area contributed by atoms with Gasteiger partial charge in [0.1, 0.15) is 18.5 Å². The average molecular weight is 340 g/mol. The molecule has 0 spiro atoms. The number of amides is 1. The van der Waals surface area contributed by atoms with Gasteiger partial charge in [0.05, 0.1) is 13.5 Å². The minimum Gasteiger partial charge on any atom is -0.497 e. The molecule has 0 fully saturated rings. The maximum atomic E-state index is 11.6. The van der Waals surface area contributed by atoms with E-state index in [2.05, 4.69) is 10.6 Å². The zero-order chi connectivity index (χ0) is 17.2. The van der Waals surface area contributed by atoms with Gasteiger partial charge in [-0.05, 0) is 29.8 Å². The third-order valence-corrected chi connectivity index (χ3v) is 4.41. The number of methoxy groups -OCH3 is 1. The molecular formula is C19H20N2O4. The molecule has 130 valence electrons. The summed E-state index contributed by atoms with van der Waals surface area (Å²) in [6.07, 6.45) is 0.251. The van der Waals surface area contributed by atoms with E-state index >= 15 is 0 Å². The standard InChI is InChI=1S/C19H20N2O4/c1-23-13-4-2-12(3-5-13)9-20-10-14-11-24-17-7-6-16-15(19(17)25-14)8-18(22)21-16/h2-7,14,20H,8-11H2,1H3,(H,21,22). The van der Waals surface area contributed by atoms with Crippen LogP contribution in [0.15, 0.2) is 36.4 Å². The van der Waals surface area contributed by atoms with Crippen LogP contribution >= 0.6 is 0 Å². The van der Waals surface area contributed by atoms with Gasteiger partial charge in [0, 0.05) is 24.3 Å². The van der Waals surface area contributed by atoms with Crippen LogP contribution < -0.4 is 24.8 Å². The highest BCUT2D eigenvalue weighted by Gasteiger charge is 2.29. The zero-order valence-corrected chi connectivity index (χ0v) is 14.0. The fourth-order valence-electron chi connectivity index (χ4n) is 3.10. The lowest BCUT2D eigenvalue weighted by Gasteiger charge is -2.28. The third-order valence-electron chi connectivity index (χ3n) is 4.41. The summed E-state index contributed by atoms with van der Waals surface area (Å²) in [5, 5.41) is 6.22. The quantitative estimate of drug-likeness (QED) is 0.873. The molecule has 0 saturated heterocycles. The van der Waals surface area contributed by atoms with Crippen LogP contribution in [-0.2, 0) is 17.8 Å². The Hall–Kier alpha value is -2.73. The second kappa shape index (κ2) is 6.64. The van der Waals surface area contributed by atoms with E-state index in [1.807, 2.05) is 36.4 Å². The van der Waals surface area contributed by atoms with Gasteiger partial charge in [-0.15, -0.1) is 0 Å². The molecular weight excluding hydrogens is 320 g/mol. The molecule has 0 aliphatic carbocycles. The Bertz CT molecular complexity index is 789. The van der Waals surface area contributed by atoms with Gasteiger partial charge in [0.15, 0.2) is 11.5 Å². The fraction of sp³-hybridized carbons (Fsp3) is 0.316. The minimum atomic E-state index is -0.0899. The number of hydrogen-bond acceptors (Lipinski definition) is 5. The molecule has 4 rings (SSSR count). The van der Waals surface area contributed by atoms with E-state index in [0.717, 1.165) is 23.5 Å². The van der Waals surface area contributed by atoms with Crippen LogP contribution in [0.1, 0.15) is 11.1 Å². The van der Waals surface area contributed by atoms with Crippen LogP contribution in [0.2, 0.25) is 0 Å². The molecule has 25 heavy (non-hydrogen) atoms. The number of rotatable bonds is 5. The van der Waals surface area contributed by atoms with Crippen molar-refractivity contribution in [2.45, 2.75) is 19.1 Å². The van der Waals surface area contributed by atoms with Gasteiger partial charge in [-0.1, -0.05) is 12.1 Å². The normalized spacial score (nSPS) is 17.8. The Morgan fingerprint density at radius 3 is 2.88 bits per heavy atom. The summed E-state index contributed by atoms with van der Waals surface area (Å²) in [6, 6.07) is 11.7. The Balaban J connectivity index is 1.36. The van der Waals surface area contributed by atoms with Crippen molar-refractivity contribution in [1.29, 1.82) is 0 Å². The molecule has 6 heteroatoms. The van der Waals surface area contributed by atoms with E-state index in [-0.39, 0.29) is 12.0 Å². The number of nitrogens with one attached hydrogen (secondary N) is 2. The molecule has 2 heterocycles. The number of ether oxygens (including phenoxy) is 3. The van der Waals surface area contributed by atoms with Crippen molar-refractivity contribution in [1.82, 2.24) is 5.32 Å². The summed E-state index contributed by atoms with van der Waals surface area (Å²) in [6.45, 7) is 1.89. The zero-order valence-electron chi connectivity index (χ0n) is 14.0. The van der Waals surface area contributed by atoms with Crippen molar-refractivity contribution in [3.63, 3.8) is 0 Å². The predicted molar refractivity (Wildman–Crippen MR) is 93.4 cm³/mol. The summed E-state index contributed by atoms with van der Waals surface area (Å²) in [7, 11) is 1.66. The smallest absolute Gasteiger partial charge is 0.229 e. The first-order valence-corrected chi connectivity index (χ1v) is 8.32. The molecule has 0 bridgehead atoms. The maximum absolute atomic E-state index is 11.6. The van der Waals surface area contributed by atoms with Crippen molar-refractivity contribution in [2.24, 2.45) is 0 Å². The molecule has 2 aliphatic heterocycles. The van der Waals surface area contributed by atoms with Crippen molar-refractivity contribution in [2.75, 3.05) is 25.6 Å². The Morgan fingerprint density at radius 1 is 1.24 bits per heavy atom. The van der Waals surface area contributed by atoms with Gasteiger partial charge in [0.2, 0.25) is 5.91 Å². The van der Waals surface area contributed by atoms with Crippen LogP contribution in [0.4, 0.5) is 5.69 Å². The third kappa shape index (κ3) is 3.25. The summed E-state index contributed by atoms with van der Waals surface area (Å²) in [5.41, 5.74) is 2.88. The summed E-state index contributed by atoms with van der Waals surface area (Å²) in [5.74, 6) is 2.24. The molecule has 6 nitrogen and oxygen atoms in total. The van der Waals surface area contributed by atoms with Gasteiger partial charge in [0.25, 0.3) is 0 Å². The van der Waals surface area contributed by atoms with Crippen LogP contribution in [0.3, 0.4) is 0 Å². The van der Waals surface area contributed by atoms with Crippen LogP contribution in [0, 0.1) is 0 Å². The molecule has 2 aromatic rings. The highest BCUT2D eigenvalue weighted by Crippen LogP contribution is 2.41. The predicted octanol–water partition coefficient (Wildman–Crippen LogP) is 2.12. The first kappa shape index (κ1) is 15.8. The average Bonchev–Trinajstić information content (AvgIpc) is 3.03. The monoisotopic (exact) mass is 340 g/mol. The first-order chi connectivity index (χ1) is 12.2. The molecule has 0 radical (unpaired) electrons. The Labute approximate surface area is 146 Å². The van der Waals surface area contributed by atoms with Crippen LogP contribution in [0.25, 0.3) is 0 Å². The van der Waals surface area contributed by atoms with Crippen molar-refractivity contribution < 1.29 is 19.0 Å². The van der Waals surface area contributed by atoms with Gasteiger partial charge in [-0.3, -0.25) is 4.79 Å². The van der Waals surface area contributed by atoms with Gasteiger partial charge in [-0.2, -0.15) is 0 Å². The second-order valence-corrected chi connectivity index (χ2v) is 6.17. The highest BCUT2D eigenvalue weighted by molar-refractivity contribution is 6.00. The van der Waals surface area contributed by atoms with Gasteiger partial charge >= 0.3 is 0 Å². The molecule has 1 atom stereocenters. The van der Waals surface area contributed by atoms with E-state index in [1.165, 1.54) is 5.56 Å². The van der Waals surface area contributed by atoms with E-state index in [1.54, 1.807) is 7.11 Å². The second-order valence-electron chi connectivity index (χ2n) is 6.17. The van der Waals surface area contributed by atoms with Crippen molar-refractivity contribution in [3.05, 3.63) is 47.5 Å². The topological polar surface area (TPSA) is 68.8 Å². The van der Waals surface area contributed by atoms with E-state index in [0.29, 0.717) is 31.1 Å². The van der Waals surface area contributed by atoms with Crippen molar-refractivity contribution >= 4 is 11.6 Å². The summed E-state index contributed by atoms with van der Waals surface area (Å²) < 4.78 is 17.1. The first-order valence-electron chi connectivity index (χ1n) is 8.32. The molecule has 1 amide bonds. The SMILES string of the molecule is COc1ccc(CNCC2COc3ccc4c(c3O2)CC(=O)N4)cc1. The molecule has 2 aromatic carbocycles. The maximum Gasteiger partial charge on any atom is 0.229 e. The lowest BCUT2D eigenvalue weighted by molar-refractivity contribution is -0.115. The lowest BCUT2D eigenvalue weighted by Crippen LogP contribution is -2.38. The fourth-order valence-corrected chi connectivity index (χ4v) is 3.10. The number of hydrogen-bond donors (Lipinski definition) is 2. The number of fused-ring (bicyclic) bond motifs is 3. The number of carbonyl (C=O) groups excluding carboxylic acids is 1. The Morgan fingerprint density at radius 2 is 2.08 bits per heavy atom. The minimum absolute atomic E-state index is 0.00763. The van der Waals surface area contributed by atoms with Gasteiger partial charge < -0.3 is 24.8 Å². The lowest BCUT2D eigenvalue weighted by atomic mass is 10.1. The van der Waals surface area contributed by atoms with Gasteiger partial charge in [-0.25, -0.2) is 0 Å². The number of anilines is 1. The summed E-state index contributed by atoms with van der Waals surface area (Å²) >= 11 is 0. The largest absolute Gasteiger partial charge is 0.497 e. The molecule has 0 aromatic heterocycles. The molecule has 2 N–H and O–H groups in total. The highest BCUT2D eigenvalue weighted by atomic mass is 16.6. The van der Waals surface area contributed by atoms with Crippen LogP contribution in [0.5, 0.6) is 17.2 Å². The van der Waals surface area contributed by atoms with Crippen LogP contribution in [-0.4, -0.2) is 32.3 Å². The molecule has 0 saturated carbocycles. The number of benzene rings is 2. The number of carbonyl (C=O) groups is 1. The Kier molecular flexibility index (Phi) is 4.19. The van der Waals surface area contributed by atoms with E-state index in [4.69, 9.17) is 14.2 Å². The van der Waals surface area contributed by atoms with E-state index < -0.39 is 0 Å². The van der Waals surface area contributed by atoms with Crippen molar-refractivity contribution in [3.8, 4) is 17.2 Å². The van der Waals surface area contributed by atoms with E-state index in [9.17, 15) is 4.79 Å². The summed E-state index contributed by atoms with van der Waals surface area (Å²) in [4.78, 5) is 11.6.